The Morgan fingerprint density at radius 2 is 1.85 bits per heavy atom. The first-order valence-electron chi connectivity index (χ1n) is 8.90. The van der Waals surface area contributed by atoms with Crippen LogP contribution in [0.1, 0.15) is 11.6 Å². The first-order chi connectivity index (χ1) is 12.6. The molecule has 2 aromatic rings. The average molecular weight is 356 g/mol. The number of amides is 2. The lowest BCUT2D eigenvalue weighted by molar-refractivity contribution is 0.0913. The minimum Gasteiger partial charge on any atom is -0.337 e. The molecule has 3 rings (SSSR count). The Morgan fingerprint density at radius 1 is 1.12 bits per heavy atom. The standard InChI is InChI=1S/C20H25FN4O/c1-24-13-14-25(19(15-24)16-7-3-2-4-8-16)12-11-22-20(26)23-18-10-6-5-9-17(18)21/h2-10,19H,11-15H2,1H3,(H2,22,23,26). The average Bonchev–Trinajstić information content (AvgIpc) is 2.65. The van der Waals surface area contributed by atoms with Crippen molar-refractivity contribution in [2.75, 3.05) is 45.1 Å². The van der Waals surface area contributed by atoms with E-state index in [4.69, 9.17) is 0 Å². The van der Waals surface area contributed by atoms with E-state index in [2.05, 4.69) is 51.7 Å². The molecule has 1 fully saturated rings. The number of halogens is 1. The number of carbonyl (C=O) groups excluding carboxylic acids is 1. The number of nitrogens with zero attached hydrogens (tertiary/aromatic N) is 2. The molecule has 1 atom stereocenters. The second-order valence-electron chi connectivity index (χ2n) is 6.59. The molecular formula is C20H25FN4O. The van der Waals surface area contributed by atoms with Gasteiger partial charge in [-0.2, -0.15) is 0 Å². The largest absolute Gasteiger partial charge is 0.337 e. The van der Waals surface area contributed by atoms with E-state index in [1.165, 1.54) is 11.6 Å². The quantitative estimate of drug-likeness (QED) is 0.866. The van der Waals surface area contributed by atoms with Gasteiger partial charge in [0.15, 0.2) is 0 Å². The molecule has 1 aliphatic rings. The molecular weight excluding hydrogens is 331 g/mol. The van der Waals surface area contributed by atoms with Crippen LogP contribution in [0.4, 0.5) is 14.9 Å². The van der Waals surface area contributed by atoms with Crippen LogP contribution in [-0.4, -0.2) is 55.6 Å². The summed E-state index contributed by atoms with van der Waals surface area (Å²) in [7, 11) is 2.13. The Hall–Kier alpha value is -2.44. The third-order valence-corrected chi connectivity index (χ3v) is 4.69. The van der Waals surface area contributed by atoms with Gasteiger partial charge in [0.05, 0.1) is 5.69 Å². The van der Waals surface area contributed by atoms with E-state index in [1.807, 2.05) is 6.07 Å². The minimum atomic E-state index is -0.439. The molecule has 1 unspecified atom stereocenters. The van der Waals surface area contributed by atoms with Crippen LogP contribution >= 0.6 is 0 Å². The van der Waals surface area contributed by atoms with Gasteiger partial charge in [0.2, 0.25) is 0 Å². The van der Waals surface area contributed by atoms with Crippen LogP contribution in [0.5, 0.6) is 0 Å². The molecule has 0 saturated carbocycles. The van der Waals surface area contributed by atoms with Crippen molar-refractivity contribution < 1.29 is 9.18 Å². The number of nitrogens with one attached hydrogen (secondary N) is 2. The molecule has 138 valence electrons. The van der Waals surface area contributed by atoms with Crippen LogP contribution in [0.25, 0.3) is 0 Å². The Morgan fingerprint density at radius 3 is 2.62 bits per heavy atom. The fourth-order valence-corrected chi connectivity index (χ4v) is 3.26. The molecule has 2 aromatic carbocycles. The Bertz CT molecular complexity index is 725. The minimum absolute atomic E-state index is 0.187. The van der Waals surface area contributed by atoms with Crippen LogP contribution < -0.4 is 10.6 Å². The Balaban J connectivity index is 1.52. The van der Waals surface area contributed by atoms with Crippen LogP contribution in [0.3, 0.4) is 0 Å². The predicted octanol–water partition coefficient (Wildman–Crippen LogP) is 2.94. The van der Waals surface area contributed by atoms with Crippen molar-refractivity contribution in [2.45, 2.75) is 6.04 Å². The monoisotopic (exact) mass is 356 g/mol. The topological polar surface area (TPSA) is 47.6 Å². The zero-order valence-corrected chi connectivity index (χ0v) is 15.0. The number of carbonyl (C=O) groups is 1. The summed E-state index contributed by atoms with van der Waals surface area (Å²) in [6.45, 7) is 4.17. The van der Waals surface area contributed by atoms with Crippen molar-refractivity contribution in [3.8, 4) is 0 Å². The van der Waals surface area contributed by atoms with E-state index in [1.54, 1.807) is 18.2 Å². The number of piperazine rings is 1. The van der Waals surface area contributed by atoms with Gasteiger partial charge in [0.25, 0.3) is 0 Å². The van der Waals surface area contributed by atoms with E-state index in [0.717, 1.165) is 26.2 Å². The van der Waals surface area contributed by atoms with Crippen molar-refractivity contribution in [3.05, 3.63) is 66.0 Å². The van der Waals surface area contributed by atoms with E-state index >= 15 is 0 Å². The summed E-state index contributed by atoms with van der Waals surface area (Å²) in [5.74, 6) is -0.439. The number of hydrogen-bond acceptors (Lipinski definition) is 3. The zero-order valence-electron chi connectivity index (χ0n) is 15.0. The molecule has 0 radical (unpaired) electrons. The van der Waals surface area contributed by atoms with Gasteiger partial charge >= 0.3 is 6.03 Å². The molecule has 1 aliphatic heterocycles. The maximum absolute atomic E-state index is 13.6. The lowest BCUT2D eigenvalue weighted by atomic mass is 10.0. The number of hydrogen-bond donors (Lipinski definition) is 2. The van der Waals surface area contributed by atoms with E-state index in [0.29, 0.717) is 12.6 Å². The van der Waals surface area contributed by atoms with Gasteiger partial charge < -0.3 is 15.5 Å². The second-order valence-corrected chi connectivity index (χ2v) is 6.59. The Labute approximate surface area is 153 Å². The van der Waals surface area contributed by atoms with E-state index in [-0.39, 0.29) is 11.7 Å². The number of benzene rings is 2. The van der Waals surface area contributed by atoms with Gasteiger partial charge in [-0.25, -0.2) is 9.18 Å². The summed E-state index contributed by atoms with van der Waals surface area (Å²) < 4.78 is 13.6. The lowest BCUT2D eigenvalue weighted by Gasteiger charge is -2.40. The van der Waals surface area contributed by atoms with E-state index in [9.17, 15) is 9.18 Å². The molecule has 2 amide bonds. The Kier molecular flexibility index (Phi) is 6.20. The molecule has 6 heteroatoms. The summed E-state index contributed by atoms with van der Waals surface area (Å²) in [6, 6.07) is 16.5. The van der Waals surface area contributed by atoms with Gasteiger partial charge in [0.1, 0.15) is 5.82 Å². The number of urea groups is 1. The third kappa shape index (κ3) is 4.80. The highest BCUT2D eigenvalue weighted by molar-refractivity contribution is 5.89. The summed E-state index contributed by atoms with van der Waals surface area (Å²) >= 11 is 0. The lowest BCUT2D eigenvalue weighted by Crippen LogP contribution is -2.49. The van der Waals surface area contributed by atoms with Crippen LogP contribution in [-0.2, 0) is 0 Å². The summed E-state index contributed by atoms with van der Waals surface area (Å²) in [4.78, 5) is 16.7. The fourth-order valence-electron chi connectivity index (χ4n) is 3.26. The summed E-state index contributed by atoms with van der Waals surface area (Å²) in [5.41, 5.74) is 1.47. The number of rotatable bonds is 5. The first-order valence-corrected chi connectivity index (χ1v) is 8.90. The highest BCUT2D eigenvalue weighted by atomic mass is 19.1. The van der Waals surface area contributed by atoms with Gasteiger partial charge in [-0.1, -0.05) is 42.5 Å². The van der Waals surface area contributed by atoms with E-state index < -0.39 is 5.82 Å². The van der Waals surface area contributed by atoms with Crippen molar-refractivity contribution in [1.82, 2.24) is 15.1 Å². The smallest absolute Gasteiger partial charge is 0.319 e. The molecule has 0 aliphatic carbocycles. The maximum atomic E-state index is 13.6. The zero-order chi connectivity index (χ0) is 18.4. The number of anilines is 1. The van der Waals surface area contributed by atoms with Crippen LogP contribution in [0.2, 0.25) is 0 Å². The van der Waals surface area contributed by atoms with Gasteiger partial charge in [-0.15, -0.1) is 0 Å². The number of likely N-dealkylation sites (N-methyl/N-ethyl adjacent to an activating group) is 1. The molecule has 0 aromatic heterocycles. The van der Waals surface area contributed by atoms with Gasteiger partial charge in [-0.05, 0) is 24.7 Å². The van der Waals surface area contributed by atoms with Crippen LogP contribution in [0.15, 0.2) is 54.6 Å². The predicted molar refractivity (Wildman–Crippen MR) is 102 cm³/mol. The van der Waals surface area contributed by atoms with Crippen molar-refractivity contribution >= 4 is 11.7 Å². The third-order valence-electron chi connectivity index (χ3n) is 4.69. The molecule has 2 N–H and O–H groups in total. The SMILES string of the molecule is CN1CCN(CCNC(=O)Nc2ccccc2F)C(c2ccccc2)C1. The van der Waals surface area contributed by atoms with Crippen molar-refractivity contribution in [2.24, 2.45) is 0 Å². The number of para-hydroxylation sites is 1. The van der Waals surface area contributed by atoms with Crippen molar-refractivity contribution in [1.29, 1.82) is 0 Å². The summed E-state index contributed by atoms with van der Waals surface area (Å²) in [5, 5.41) is 5.36. The van der Waals surface area contributed by atoms with Gasteiger partial charge in [0, 0.05) is 38.8 Å². The fraction of sp³-hybridized carbons (Fsp3) is 0.350. The normalized spacial score (nSPS) is 18.5. The maximum Gasteiger partial charge on any atom is 0.319 e. The molecule has 5 nitrogen and oxygen atoms in total. The van der Waals surface area contributed by atoms with Crippen molar-refractivity contribution in [3.63, 3.8) is 0 Å². The molecule has 0 bridgehead atoms. The first kappa shape index (κ1) is 18.4. The molecule has 1 heterocycles. The highest BCUT2D eigenvalue weighted by Gasteiger charge is 2.26. The van der Waals surface area contributed by atoms with Crippen LogP contribution in [0, 0.1) is 5.82 Å². The highest BCUT2D eigenvalue weighted by Crippen LogP contribution is 2.24. The van der Waals surface area contributed by atoms with Gasteiger partial charge in [-0.3, -0.25) is 4.90 Å². The molecule has 0 spiro atoms. The molecule has 1 saturated heterocycles. The molecule has 26 heavy (non-hydrogen) atoms. The second kappa shape index (κ2) is 8.78. The summed E-state index contributed by atoms with van der Waals surface area (Å²) in [6.07, 6.45) is 0.